The molecule has 1 fully saturated rings. The highest BCUT2D eigenvalue weighted by Gasteiger charge is 2.38. The fraction of sp³-hybridized carbons (Fsp3) is 0.444. The summed E-state index contributed by atoms with van der Waals surface area (Å²) in [6.45, 7) is -0.0220. The van der Waals surface area contributed by atoms with E-state index in [2.05, 4.69) is 9.97 Å². The zero-order chi connectivity index (χ0) is 14.2. The molecule has 0 bridgehead atoms. The van der Waals surface area contributed by atoms with E-state index in [0.29, 0.717) is 5.16 Å². The summed E-state index contributed by atoms with van der Waals surface area (Å²) in [5.74, 6) is -0.0618. The second-order valence-corrected chi connectivity index (χ2v) is 7.91. The zero-order valence-electron chi connectivity index (χ0n) is 9.71. The summed E-state index contributed by atoms with van der Waals surface area (Å²) in [4.78, 5) is 21.2. The van der Waals surface area contributed by atoms with Gasteiger partial charge in [-0.15, -0.1) is 0 Å². The first kappa shape index (κ1) is 14.8. The summed E-state index contributed by atoms with van der Waals surface area (Å²) >= 11 is 7.11. The van der Waals surface area contributed by atoms with Crippen molar-refractivity contribution in [3.8, 4) is 0 Å². The molecule has 1 aromatic rings. The van der Waals surface area contributed by atoms with E-state index in [-0.39, 0.29) is 29.8 Å². The van der Waals surface area contributed by atoms with Gasteiger partial charge >= 0.3 is 0 Å². The Labute approximate surface area is 123 Å². The van der Waals surface area contributed by atoms with E-state index in [0.717, 1.165) is 0 Å². The summed E-state index contributed by atoms with van der Waals surface area (Å²) in [7, 11) is 1.50. The summed E-state index contributed by atoms with van der Waals surface area (Å²) in [6, 6.07) is 1.42. The average molecular weight is 342 g/mol. The number of halogens is 2. The van der Waals surface area contributed by atoms with Gasteiger partial charge in [0.2, 0.25) is 15.0 Å². The molecule has 2 heterocycles. The van der Waals surface area contributed by atoms with E-state index < -0.39 is 14.3 Å². The highest BCUT2D eigenvalue weighted by atomic mass is 35.7. The first-order valence-corrected chi connectivity index (χ1v) is 9.11. The fourth-order valence-corrected chi connectivity index (χ4v) is 3.33. The summed E-state index contributed by atoms with van der Waals surface area (Å²) in [5.41, 5.74) is 0. The Bertz CT molecular complexity index is 623. The third kappa shape index (κ3) is 3.31. The quantitative estimate of drug-likeness (QED) is 0.359. The van der Waals surface area contributed by atoms with E-state index in [1.807, 2.05) is 0 Å². The highest BCUT2D eigenvalue weighted by molar-refractivity contribution is 8.14. The number of nitrogens with zero attached hydrogens (tertiary/aromatic N) is 3. The molecule has 0 saturated carbocycles. The van der Waals surface area contributed by atoms with Crippen LogP contribution in [0.4, 0.5) is 5.82 Å². The minimum absolute atomic E-state index is 0.0220. The lowest BCUT2D eigenvalue weighted by Crippen LogP contribution is -2.27. The molecule has 1 amide bonds. The minimum Gasteiger partial charge on any atom is -0.295 e. The van der Waals surface area contributed by atoms with E-state index >= 15 is 0 Å². The van der Waals surface area contributed by atoms with Crippen LogP contribution < -0.4 is 4.90 Å². The second-order valence-electron chi connectivity index (χ2n) is 3.84. The molecule has 1 aliphatic rings. The normalized spacial score (nSPS) is 20.1. The molecule has 2 rings (SSSR count). The van der Waals surface area contributed by atoms with E-state index in [1.54, 1.807) is 6.26 Å². The first-order valence-electron chi connectivity index (χ1n) is 5.13. The Morgan fingerprint density at radius 1 is 1.47 bits per heavy atom. The average Bonchev–Trinajstić information content (AvgIpc) is 2.70. The van der Waals surface area contributed by atoms with E-state index in [1.165, 1.54) is 22.7 Å². The maximum absolute atomic E-state index is 11.8. The third-order valence-electron chi connectivity index (χ3n) is 2.61. The first-order chi connectivity index (χ1) is 8.81. The predicted octanol–water partition coefficient (Wildman–Crippen LogP) is 1.53. The lowest BCUT2D eigenvalue weighted by Gasteiger charge is -2.15. The second kappa shape index (κ2) is 5.43. The van der Waals surface area contributed by atoms with Crippen LogP contribution in [0.25, 0.3) is 0 Å². The molecule has 0 aliphatic carbocycles. The van der Waals surface area contributed by atoms with Crippen LogP contribution in [-0.2, 0) is 13.8 Å². The van der Waals surface area contributed by atoms with Gasteiger partial charge in [0.05, 0.1) is 0 Å². The predicted molar refractivity (Wildman–Crippen MR) is 74.4 cm³/mol. The Hall–Kier alpha value is -0.570. The van der Waals surface area contributed by atoms with Gasteiger partial charge in [-0.05, 0) is 6.26 Å². The van der Waals surface area contributed by atoms with Crippen molar-refractivity contribution in [2.75, 3.05) is 17.7 Å². The molecule has 1 saturated heterocycles. The van der Waals surface area contributed by atoms with E-state index in [4.69, 9.17) is 22.3 Å². The molecule has 6 nitrogen and oxygen atoms in total. The van der Waals surface area contributed by atoms with Gasteiger partial charge in [0, 0.05) is 29.7 Å². The van der Waals surface area contributed by atoms with Gasteiger partial charge in [-0.2, -0.15) is 0 Å². The Morgan fingerprint density at radius 2 is 2.16 bits per heavy atom. The van der Waals surface area contributed by atoms with Gasteiger partial charge in [0.1, 0.15) is 16.2 Å². The standard InChI is InChI=1S/C9H9Cl2N3O3S2/c1-18-9-12-6(10)3-7(13-9)14-4-5(2-8(14)15)19(11,16)17/h3,5H,2,4H2,1H3. The van der Waals surface area contributed by atoms with Crippen molar-refractivity contribution in [1.29, 1.82) is 0 Å². The molecule has 1 unspecified atom stereocenters. The summed E-state index contributed by atoms with van der Waals surface area (Å²) in [6.07, 6.45) is 1.62. The highest BCUT2D eigenvalue weighted by Crippen LogP contribution is 2.27. The van der Waals surface area contributed by atoms with Crippen molar-refractivity contribution < 1.29 is 13.2 Å². The molecule has 0 radical (unpaired) electrons. The molecule has 1 aromatic heterocycles. The van der Waals surface area contributed by atoms with Gasteiger partial charge in [-0.3, -0.25) is 9.69 Å². The third-order valence-corrected chi connectivity index (χ3v) is 5.22. The fourth-order valence-electron chi connectivity index (χ4n) is 1.70. The molecular weight excluding hydrogens is 333 g/mol. The molecule has 19 heavy (non-hydrogen) atoms. The van der Waals surface area contributed by atoms with Crippen molar-refractivity contribution in [2.24, 2.45) is 0 Å². The number of amides is 1. The maximum atomic E-state index is 11.8. The molecular formula is C9H9Cl2N3O3S2. The Morgan fingerprint density at radius 3 is 2.68 bits per heavy atom. The van der Waals surface area contributed by atoms with Gasteiger partial charge in [-0.25, -0.2) is 18.4 Å². The van der Waals surface area contributed by atoms with Crippen LogP contribution in [0.5, 0.6) is 0 Å². The van der Waals surface area contributed by atoms with Crippen LogP contribution in [0, 0.1) is 0 Å². The smallest absolute Gasteiger partial charge is 0.237 e. The monoisotopic (exact) mass is 341 g/mol. The van der Waals surface area contributed by atoms with Crippen LogP contribution in [0.15, 0.2) is 11.2 Å². The van der Waals surface area contributed by atoms with Crippen molar-refractivity contribution in [3.05, 3.63) is 11.2 Å². The SMILES string of the molecule is CSc1nc(Cl)cc(N2CC(S(=O)(=O)Cl)CC2=O)n1. The number of hydrogen-bond donors (Lipinski definition) is 0. The number of rotatable bonds is 3. The number of carbonyl (C=O) groups is 1. The van der Waals surface area contributed by atoms with Gasteiger partial charge < -0.3 is 0 Å². The Kier molecular flexibility index (Phi) is 4.24. The largest absolute Gasteiger partial charge is 0.295 e. The lowest BCUT2D eigenvalue weighted by molar-refractivity contribution is -0.117. The molecule has 0 spiro atoms. The van der Waals surface area contributed by atoms with Crippen molar-refractivity contribution in [2.45, 2.75) is 16.8 Å². The molecule has 1 atom stereocenters. The molecule has 1 aliphatic heterocycles. The topological polar surface area (TPSA) is 80.2 Å². The van der Waals surface area contributed by atoms with Crippen LogP contribution in [0.3, 0.4) is 0 Å². The summed E-state index contributed by atoms with van der Waals surface area (Å²) < 4.78 is 22.5. The number of aromatic nitrogens is 2. The van der Waals surface area contributed by atoms with Crippen molar-refractivity contribution in [3.63, 3.8) is 0 Å². The van der Waals surface area contributed by atoms with Crippen molar-refractivity contribution >= 4 is 54.8 Å². The number of anilines is 1. The number of hydrogen-bond acceptors (Lipinski definition) is 6. The minimum atomic E-state index is -3.77. The van der Waals surface area contributed by atoms with Crippen LogP contribution in [0.2, 0.25) is 5.15 Å². The Balaban J connectivity index is 2.33. The molecule has 10 heteroatoms. The van der Waals surface area contributed by atoms with Crippen LogP contribution >= 0.6 is 34.0 Å². The summed E-state index contributed by atoms with van der Waals surface area (Å²) in [5, 5.41) is -0.319. The van der Waals surface area contributed by atoms with Gasteiger partial charge in [-0.1, -0.05) is 23.4 Å². The van der Waals surface area contributed by atoms with E-state index in [9.17, 15) is 13.2 Å². The number of carbonyl (C=O) groups excluding carboxylic acids is 1. The number of thioether (sulfide) groups is 1. The zero-order valence-corrected chi connectivity index (χ0v) is 12.9. The molecule has 104 valence electrons. The maximum Gasteiger partial charge on any atom is 0.237 e. The molecule has 0 N–H and O–H groups in total. The molecule has 0 aromatic carbocycles. The lowest BCUT2D eigenvalue weighted by atomic mass is 10.4. The van der Waals surface area contributed by atoms with Crippen molar-refractivity contribution in [1.82, 2.24) is 9.97 Å². The van der Waals surface area contributed by atoms with Gasteiger partial charge in [0.25, 0.3) is 0 Å². The van der Waals surface area contributed by atoms with Gasteiger partial charge in [0.15, 0.2) is 5.16 Å². The van der Waals surface area contributed by atoms with Crippen LogP contribution in [-0.4, -0.2) is 42.3 Å². The van der Waals surface area contributed by atoms with Crippen LogP contribution in [0.1, 0.15) is 6.42 Å².